The molecule has 2 aromatic rings. The first kappa shape index (κ1) is 14.3. The molecule has 2 heterocycles. The predicted molar refractivity (Wildman–Crippen MR) is 77.2 cm³/mol. The van der Waals surface area contributed by atoms with Crippen molar-refractivity contribution in [3.05, 3.63) is 39.5 Å². The highest BCUT2D eigenvalue weighted by molar-refractivity contribution is 7.13. The molecule has 2 rings (SSSR count). The van der Waals surface area contributed by atoms with Gasteiger partial charge in [0.2, 0.25) is 0 Å². The highest BCUT2D eigenvalue weighted by Crippen LogP contribution is 2.24. The maximum atomic E-state index is 11.7. The summed E-state index contributed by atoms with van der Waals surface area (Å²) in [5.41, 5.74) is 1.64. The van der Waals surface area contributed by atoms with Gasteiger partial charge >= 0.3 is 6.09 Å². The van der Waals surface area contributed by atoms with Crippen LogP contribution in [0.4, 0.5) is 4.79 Å². The lowest BCUT2D eigenvalue weighted by molar-refractivity contribution is 0.154. The van der Waals surface area contributed by atoms with E-state index in [-0.39, 0.29) is 18.6 Å². The first-order chi connectivity index (χ1) is 9.47. The van der Waals surface area contributed by atoms with Crippen LogP contribution in [0.25, 0.3) is 10.6 Å². The van der Waals surface area contributed by atoms with Gasteiger partial charge in [0.25, 0.3) is 5.56 Å². The minimum absolute atomic E-state index is 0.217. The van der Waals surface area contributed by atoms with Crippen LogP contribution in [0, 0.1) is 6.92 Å². The van der Waals surface area contributed by atoms with Gasteiger partial charge in [-0.15, -0.1) is 11.3 Å². The fourth-order valence-corrected chi connectivity index (χ4v) is 2.51. The third-order valence-electron chi connectivity index (χ3n) is 2.82. The van der Waals surface area contributed by atoms with Crippen molar-refractivity contribution in [2.45, 2.75) is 13.5 Å². The average molecular weight is 293 g/mol. The topological polar surface area (TPSA) is 75.4 Å². The van der Waals surface area contributed by atoms with Gasteiger partial charge in [-0.25, -0.2) is 9.48 Å². The number of thiophene rings is 1. The molecular weight excluding hydrogens is 278 g/mol. The maximum Gasteiger partial charge on any atom is 0.407 e. The van der Waals surface area contributed by atoms with E-state index in [4.69, 9.17) is 5.11 Å². The van der Waals surface area contributed by atoms with Gasteiger partial charge in [0.05, 0.1) is 11.4 Å². The molecule has 106 valence electrons. The van der Waals surface area contributed by atoms with Gasteiger partial charge in [0.15, 0.2) is 0 Å². The van der Waals surface area contributed by atoms with Crippen molar-refractivity contribution >= 4 is 17.4 Å². The molecule has 0 aliphatic heterocycles. The smallest absolute Gasteiger partial charge is 0.407 e. The Morgan fingerprint density at radius 1 is 1.50 bits per heavy atom. The largest absolute Gasteiger partial charge is 0.465 e. The zero-order valence-corrected chi connectivity index (χ0v) is 12.1. The third-order valence-corrected chi connectivity index (χ3v) is 3.89. The van der Waals surface area contributed by atoms with Crippen LogP contribution in [0.5, 0.6) is 0 Å². The monoisotopic (exact) mass is 293 g/mol. The second kappa shape index (κ2) is 5.87. The third kappa shape index (κ3) is 3.24. The summed E-state index contributed by atoms with van der Waals surface area (Å²) in [6.07, 6.45) is -1.02. The van der Waals surface area contributed by atoms with E-state index in [1.165, 1.54) is 17.8 Å². The Hall–Kier alpha value is -2.15. The number of amides is 1. The summed E-state index contributed by atoms with van der Waals surface area (Å²) < 4.78 is 1.30. The van der Waals surface area contributed by atoms with E-state index in [2.05, 4.69) is 5.10 Å². The standard InChI is InChI=1S/C13H15N3O3S/c1-9-7-11(20-8-9)10-3-4-12(17)16(14-10)6-5-15(2)13(18)19/h3-4,7-8H,5-6H2,1-2H3,(H,18,19). The van der Waals surface area contributed by atoms with Gasteiger partial charge in [-0.2, -0.15) is 5.10 Å². The Morgan fingerprint density at radius 3 is 2.85 bits per heavy atom. The Labute approximate surface area is 119 Å². The zero-order chi connectivity index (χ0) is 14.7. The molecule has 20 heavy (non-hydrogen) atoms. The molecule has 0 aliphatic rings. The molecule has 1 N–H and O–H groups in total. The maximum absolute atomic E-state index is 11.7. The summed E-state index contributed by atoms with van der Waals surface area (Å²) in [6, 6.07) is 5.15. The van der Waals surface area contributed by atoms with Crippen molar-refractivity contribution in [1.82, 2.24) is 14.7 Å². The first-order valence-corrected chi connectivity index (χ1v) is 6.93. The van der Waals surface area contributed by atoms with Crippen molar-refractivity contribution in [2.75, 3.05) is 13.6 Å². The number of likely N-dealkylation sites (N-methyl/N-ethyl adjacent to an activating group) is 1. The Morgan fingerprint density at radius 2 is 2.25 bits per heavy atom. The SMILES string of the molecule is Cc1csc(-c2ccc(=O)n(CCN(C)C(=O)O)n2)c1. The molecule has 7 heteroatoms. The zero-order valence-electron chi connectivity index (χ0n) is 11.2. The highest BCUT2D eigenvalue weighted by Gasteiger charge is 2.08. The number of nitrogens with zero attached hydrogens (tertiary/aromatic N) is 3. The summed E-state index contributed by atoms with van der Waals surface area (Å²) in [5.74, 6) is 0. The summed E-state index contributed by atoms with van der Waals surface area (Å²) in [6.45, 7) is 2.45. The van der Waals surface area contributed by atoms with Gasteiger partial charge in [-0.1, -0.05) is 0 Å². The number of carbonyl (C=O) groups is 1. The summed E-state index contributed by atoms with van der Waals surface area (Å²) in [7, 11) is 1.46. The molecule has 0 bridgehead atoms. The van der Waals surface area contributed by atoms with Crippen LogP contribution in [0.1, 0.15) is 5.56 Å². The number of hydrogen-bond donors (Lipinski definition) is 1. The summed E-state index contributed by atoms with van der Waals surface area (Å²) >= 11 is 1.56. The lowest BCUT2D eigenvalue weighted by Gasteiger charge is -2.13. The minimum atomic E-state index is -1.02. The lowest BCUT2D eigenvalue weighted by Crippen LogP contribution is -2.32. The molecule has 0 atom stereocenters. The molecule has 6 nitrogen and oxygen atoms in total. The minimum Gasteiger partial charge on any atom is -0.465 e. The summed E-state index contributed by atoms with van der Waals surface area (Å²) in [5, 5.41) is 15.1. The molecule has 0 radical (unpaired) electrons. The van der Waals surface area contributed by atoms with Crippen LogP contribution in [0.15, 0.2) is 28.4 Å². The predicted octanol–water partition coefficient (Wildman–Crippen LogP) is 1.89. The van der Waals surface area contributed by atoms with Gasteiger partial charge in [-0.3, -0.25) is 4.79 Å². The van der Waals surface area contributed by atoms with Crippen LogP contribution < -0.4 is 5.56 Å². The van der Waals surface area contributed by atoms with Crippen molar-refractivity contribution in [1.29, 1.82) is 0 Å². The first-order valence-electron chi connectivity index (χ1n) is 6.05. The van der Waals surface area contributed by atoms with E-state index in [0.717, 1.165) is 21.0 Å². The quantitative estimate of drug-likeness (QED) is 0.934. The molecule has 0 aromatic carbocycles. The molecule has 0 spiro atoms. The normalized spacial score (nSPS) is 10.5. The number of hydrogen-bond acceptors (Lipinski definition) is 4. The Bertz CT molecular complexity index is 677. The van der Waals surface area contributed by atoms with Crippen molar-refractivity contribution in [3.8, 4) is 10.6 Å². The second-order valence-electron chi connectivity index (χ2n) is 4.47. The van der Waals surface area contributed by atoms with E-state index >= 15 is 0 Å². The van der Waals surface area contributed by atoms with Crippen LogP contribution in [0.2, 0.25) is 0 Å². The number of aryl methyl sites for hydroxylation is 1. The molecule has 2 aromatic heterocycles. The molecular formula is C13H15N3O3S. The van der Waals surface area contributed by atoms with Crippen molar-refractivity contribution in [2.24, 2.45) is 0 Å². The van der Waals surface area contributed by atoms with E-state index < -0.39 is 6.09 Å². The molecule has 0 saturated heterocycles. The van der Waals surface area contributed by atoms with E-state index in [1.807, 2.05) is 18.4 Å². The number of rotatable bonds is 4. The lowest BCUT2D eigenvalue weighted by atomic mass is 10.3. The van der Waals surface area contributed by atoms with Crippen LogP contribution >= 0.6 is 11.3 Å². The molecule has 0 aliphatic carbocycles. The van der Waals surface area contributed by atoms with Gasteiger partial charge in [0.1, 0.15) is 5.69 Å². The van der Waals surface area contributed by atoms with Crippen LogP contribution in [0.3, 0.4) is 0 Å². The molecule has 1 amide bonds. The van der Waals surface area contributed by atoms with Gasteiger partial charge < -0.3 is 10.0 Å². The Balaban J connectivity index is 2.21. The Kier molecular flexibility index (Phi) is 4.19. The average Bonchev–Trinajstić information content (AvgIpc) is 2.84. The number of carboxylic acid groups (broad SMARTS) is 1. The highest BCUT2D eigenvalue weighted by atomic mass is 32.1. The molecule has 0 unspecified atom stereocenters. The molecule has 0 fully saturated rings. The van der Waals surface area contributed by atoms with Crippen molar-refractivity contribution < 1.29 is 9.90 Å². The summed E-state index contributed by atoms with van der Waals surface area (Å²) in [4.78, 5) is 24.6. The van der Waals surface area contributed by atoms with Gasteiger partial charge in [-0.05, 0) is 30.0 Å². The van der Waals surface area contributed by atoms with Crippen molar-refractivity contribution in [3.63, 3.8) is 0 Å². The second-order valence-corrected chi connectivity index (χ2v) is 5.38. The van der Waals surface area contributed by atoms with E-state index in [1.54, 1.807) is 17.4 Å². The van der Waals surface area contributed by atoms with Crippen LogP contribution in [-0.2, 0) is 6.54 Å². The number of aromatic nitrogens is 2. The fraction of sp³-hybridized carbons (Fsp3) is 0.308. The fourth-order valence-electron chi connectivity index (χ4n) is 1.65. The van der Waals surface area contributed by atoms with Gasteiger partial charge in [0, 0.05) is 19.7 Å². The van der Waals surface area contributed by atoms with E-state index in [0.29, 0.717) is 0 Å². The van der Waals surface area contributed by atoms with Crippen LogP contribution in [-0.4, -0.2) is 39.5 Å². The van der Waals surface area contributed by atoms with E-state index in [9.17, 15) is 9.59 Å². The molecule has 0 saturated carbocycles.